The number of carbonyl (C=O) groups is 2. The minimum atomic E-state index is -0.617. The first kappa shape index (κ1) is 14.1. The van der Waals surface area contributed by atoms with Crippen LogP contribution < -0.4 is 5.32 Å². The first-order chi connectivity index (χ1) is 8.56. The summed E-state index contributed by atoms with van der Waals surface area (Å²) in [5.74, 6) is -0.822. The highest BCUT2D eigenvalue weighted by molar-refractivity contribution is 5.84. The van der Waals surface area contributed by atoms with E-state index in [-0.39, 0.29) is 24.3 Å². The number of amides is 1. The smallest absolute Gasteiger partial charge is 0.377 e. The van der Waals surface area contributed by atoms with Crippen molar-refractivity contribution in [3.63, 3.8) is 0 Å². The highest BCUT2D eigenvalue weighted by Crippen LogP contribution is 1.96. The van der Waals surface area contributed by atoms with Crippen LogP contribution in [0.2, 0.25) is 0 Å². The van der Waals surface area contributed by atoms with Crippen molar-refractivity contribution in [2.45, 2.75) is 39.3 Å². The number of ether oxygens (including phenoxy) is 1. The maximum Gasteiger partial charge on any atom is 0.377 e. The number of carbonyl (C=O) groups excluding carboxylic acids is 2. The number of rotatable bonds is 6. The summed E-state index contributed by atoms with van der Waals surface area (Å²) in [6, 6.07) is 0.131. The quantitative estimate of drug-likeness (QED) is 0.741. The fourth-order valence-electron chi connectivity index (χ4n) is 1.53. The molecule has 0 saturated carbocycles. The molecular formula is C11H18N4O3. The summed E-state index contributed by atoms with van der Waals surface area (Å²) in [7, 11) is 1.25. The van der Waals surface area contributed by atoms with E-state index in [0.29, 0.717) is 0 Å². The second-order valence-corrected chi connectivity index (χ2v) is 4.01. The molecule has 7 nitrogen and oxygen atoms in total. The molecule has 0 aromatic carbocycles. The van der Waals surface area contributed by atoms with E-state index >= 15 is 0 Å². The Morgan fingerprint density at radius 1 is 1.56 bits per heavy atom. The number of aromatic nitrogens is 3. The molecule has 100 valence electrons. The van der Waals surface area contributed by atoms with Crippen LogP contribution in [0, 0.1) is 0 Å². The summed E-state index contributed by atoms with van der Waals surface area (Å²) < 4.78 is 5.78. The van der Waals surface area contributed by atoms with E-state index in [2.05, 4.69) is 27.1 Å². The number of esters is 1. The third kappa shape index (κ3) is 4.15. The highest BCUT2D eigenvalue weighted by atomic mass is 16.5. The van der Waals surface area contributed by atoms with E-state index in [1.54, 1.807) is 0 Å². The van der Waals surface area contributed by atoms with Gasteiger partial charge in [-0.3, -0.25) is 4.79 Å². The van der Waals surface area contributed by atoms with E-state index in [4.69, 9.17) is 0 Å². The molecule has 1 aromatic rings. The normalized spacial score (nSPS) is 11.9. The Morgan fingerprint density at radius 2 is 2.28 bits per heavy atom. The molecule has 1 amide bonds. The Bertz CT molecular complexity index is 416. The van der Waals surface area contributed by atoms with Crippen LogP contribution in [0.15, 0.2) is 6.33 Å². The van der Waals surface area contributed by atoms with Crippen molar-refractivity contribution in [2.24, 2.45) is 0 Å². The van der Waals surface area contributed by atoms with Gasteiger partial charge in [-0.05, 0) is 13.3 Å². The van der Waals surface area contributed by atoms with Gasteiger partial charge in [0.1, 0.15) is 12.9 Å². The molecule has 7 heteroatoms. The van der Waals surface area contributed by atoms with Gasteiger partial charge in [-0.25, -0.2) is 14.5 Å². The summed E-state index contributed by atoms with van der Waals surface area (Å²) in [5.41, 5.74) is 0. The van der Waals surface area contributed by atoms with E-state index in [1.807, 2.05) is 6.92 Å². The number of hydrogen-bond donors (Lipinski definition) is 1. The fourth-order valence-corrected chi connectivity index (χ4v) is 1.53. The van der Waals surface area contributed by atoms with Crippen LogP contribution in [0.3, 0.4) is 0 Å². The Morgan fingerprint density at radius 3 is 2.89 bits per heavy atom. The Labute approximate surface area is 106 Å². The van der Waals surface area contributed by atoms with E-state index in [9.17, 15) is 9.59 Å². The summed E-state index contributed by atoms with van der Waals surface area (Å²) in [4.78, 5) is 26.5. The van der Waals surface area contributed by atoms with Gasteiger partial charge in [0.05, 0.1) is 7.11 Å². The lowest BCUT2D eigenvalue weighted by molar-refractivity contribution is -0.122. The van der Waals surface area contributed by atoms with Gasteiger partial charge in [-0.15, -0.1) is 5.10 Å². The van der Waals surface area contributed by atoms with Gasteiger partial charge >= 0.3 is 5.97 Å². The molecule has 1 rings (SSSR count). The lowest BCUT2D eigenvalue weighted by Crippen LogP contribution is -2.35. The second-order valence-electron chi connectivity index (χ2n) is 4.01. The molecule has 1 heterocycles. The van der Waals surface area contributed by atoms with E-state index in [0.717, 1.165) is 12.8 Å². The largest absolute Gasteiger partial charge is 0.463 e. The molecule has 0 spiro atoms. The SMILES string of the molecule is CCCC(C)NC(=O)Cn1cnc(C(=O)OC)n1. The van der Waals surface area contributed by atoms with Crippen molar-refractivity contribution in [2.75, 3.05) is 7.11 Å². The molecule has 1 N–H and O–H groups in total. The summed E-state index contributed by atoms with van der Waals surface area (Å²) in [5, 5.41) is 6.68. The van der Waals surface area contributed by atoms with Crippen molar-refractivity contribution in [1.82, 2.24) is 20.1 Å². The highest BCUT2D eigenvalue weighted by Gasteiger charge is 2.13. The summed E-state index contributed by atoms with van der Waals surface area (Å²) >= 11 is 0. The zero-order valence-corrected chi connectivity index (χ0v) is 10.8. The Hall–Kier alpha value is -1.92. The molecule has 0 saturated heterocycles. The molecule has 0 radical (unpaired) electrons. The lowest BCUT2D eigenvalue weighted by Gasteiger charge is -2.12. The van der Waals surface area contributed by atoms with E-state index < -0.39 is 5.97 Å². The summed E-state index contributed by atoms with van der Waals surface area (Å²) in [6.07, 6.45) is 3.27. The topological polar surface area (TPSA) is 86.1 Å². The average Bonchev–Trinajstić information content (AvgIpc) is 2.76. The molecule has 0 aliphatic rings. The monoisotopic (exact) mass is 254 g/mol. The molecular weight excluding hydrogens is 236 g/mol. The van der Waals surface area contributed by atoms with Crippen LogP contribution in [-0.4, -0.2) is 39.8 Å². The van der Waals surface area contributed by atoms with Crippen molar-refractivity contribution >= 4 is 11.9 Å². The van der Waals surface area contributed by atoms with Crippen LogP contribution in [0.4, 0.5) is 0 Å². The van der Waals surface area contributed by atoms with Crippen molar-refractivity contribution < 1.29 is 14.3 Å². The molecule has 0 aliphatic heterocycles. The third-order valence-corrected chi connectivity index (χ3v) is 2.34. The van der Waals surface area contributed by atoms with Crippen LogP contribution in [-0.2, 0) is 16.1 Å². The third-order valence-electron chi connectivity index (χ3n) is 2.34. The van der Waals surface area contributed by atoms with Gasteiger partial charge in [-0.1, -0.05) is 13.3 Å². The van der Waals surface area contributed by atoms with Crippen molar-refractivity contribution in [3.05, 3.63) is 12.2 Å². The van der Waals surface area contributed by atoms with Crippen molar-refractivity contribution in [3.8, 4) is 0 Å². The molecule has 0 bridgehead atoms. The van der Waals surface area contributed by atoms with Crippen molar-refractivity contribution in [1.29, 1.82) is 0 Å². The zero-order chi connectivity index (χ0) is 13.5. The average molecular weight is 254 g/mol. The van der Waals surface area contributed by atoms with Gasteiger partial charge in [0.25, 0.3) is 5.82 Å². The minimum absolute atomic E-state index is 0.0397. The standard InChI is InChI=1S/C11H18N4O3/c1-4-5-8(2)13-9(16)6-15-7-12-10(14-15)11(17)18-3/h7-8H,4-6H2,1-3H3,(H,13,16). The molecule has 1 atom stereocenters. The van der Waals surface area contributed by atoms with Gasteiger partial charge in [0.15, 0.2) is 0 Å². The number of nitrogens with zero attached hydrogens (tertiary/aromatic N) is 3. The maximum atomic E-state index is 11.6. The Balaban J connectivity index is 2.49. The maximum absolute atomic E-state index is 11.6. The lowest BCUT2D eigenvalue weighted by atomic mass is 10.2. The predicted octanol–water partition coefficient (Wildman–Crippen LogP) is 0.369. The number of hydrogen-bond acceptors (Lipinski definition) is 5. The van der Waals surface area contributed by atoms with Crippen LogP contribution in [0.1, 0.15) is 37.3 Å². The van der Waals surface area contributed by atoms with Gasteiger partial charge in [0, 0.05) is 6.04 Å². The molecule has 0 aliphatic carbocycles. The van der Waals surface area contributed by atoms with Crippen LogP contribution >= 0.6 is 0 Å². The van der Waals surface area contributed by atoms with Crippen LogP contribution in [0.25, 0.3) is 0 Å². The number of nitrogens with one attached hydrogen (secondary N) is 1. The Kier molecular flexibility index (Phi) is 5.29. The molecule has 1 aromatic heterocycles. The molecule has 1 unspecified atom stereocenters. The molecule has 18 heavy (non-hydrogen) atoms. The van der Waals surface area contributed by atoms with Crippen LogP contribution in [0.5, 0.6) is 0 Å². The van der Waals surface area contributed by atoms with E-state index in [1.165, 1.54) is 18.1 Å². The van der Waals surface area contributed by atoms with Gasteiger partial charge < -0.3 is 10.1 Å². The van der Waals surface area contributed by atoms with Gasteiger partial charge in [0.2, 0.25) is 5.91 Å². The zero-order valence-electron chi connectivity index (χ0n) is 10.8. The first-order valence-electron chi connectivity index (χ1n) is 5.84. The fraction of sp³-hybridized carbons (Fsp3) is 0.636. The minimum Gasteiger partial charge on any atom is -0.463 e. The summed E-state index contributed by atoms with van der Waals surface area (Å²) in [6.45, 7) is 4.05. The predicted molar refractivity (Wildman–Crippen MR) is 63.9 cm³/mol. The number of methoxy groups -OCH3 is 1. The van der Waals surface area contributed by atoms with Gasteiger partial charge in [-0.2, -0.15) is 0 Å². The molecule has 0 fully saturated rings. The first-order valence-corrected chi connectivity index (χ1v) is 5.84. The second kappa shape index (κ2) is 6.73.